The molecule has 0 aliphatic rings. The molecule has 0 radical (unpaired) electrons. The van der Waals surface area contributed by atoms with E-state index < -0.39 is 15.8 Å². The zero-order valence-corrected chi connectivity index (χ0v) is 7.73. The normalized spacial score (nSPS) is 11.5. The van der Waals surface area contributed by atoms with Crippen LogP contribution in [-0.4, -0.2) is 15.5 Å². The van der Waals surface area contributed by atoms with Gasteiger partial charge >= 0.3 is 0 Å². The Hall–Kier alpha value is -1.14. The summed E-state index contributed by atoms with van der Waals surface area (Å²) in [6.07, 6.45) is 0. The monoisotopic (exact) mass is 204 g/mol. The minimum Gasteiger partial charge on any atom is -0.396 e. The molecule has 13 heavy (non-hydrogen) atoms. The Balaban J connectivity index is 3.27. The summed E-state index contributed by atoms with van der Waals surface area (Å²) in [4.78, 5) is -0.0473. The zero-order chi connectivity index (χ0) is 10.1. The van der Waals surface area contributed by atoms with Gasteiger partial charge in [-0.15, -0.1) is 0 Å². The summed E-state index contributed by atoms with van der Waals surface area (Å²) >= 11 is 0. The van der Waals surface area contributed by atoms with E-state index in [4.69, 9.17) is 5.73 Å². The topological polar surface area (TPSA) is 72.2 Å². The molecule has 0 bridgehead atoms. The Kier molecular flexibility index (Phi) is 2.53. The van der Waals surface area contributed by atoms with Crippen molar-refractivity contribution in [2.75, 3.05) is 12.8 Å². The smallest absolute Gasteiger partial charge is 0.240 e. The molecule has 6 heteroatoms. The lowest BCUT2D eigenvalue weighted by Gasteiger charge is -2.03. The highest BCUT2D eigenvalue weighted by Gasteiger charge is 2.12. The molecule has 0 amide bonds. The maximum absolute atomic E-state index is 12.7. The number of hydrogen-bond donors (Lipinski definition) is 2. The number of sulfonamides is 1. The van der Waals surface area contributed by atoms with Crippen molar-refractivity contribution in [2.45, 2.75) is 4.90 Å². The fraction of sp³-hybridized carbons (Fsp3) is 0.143. The first-order valence-corrected chi connectivity index (χ1v) is 4.94. The molecule has 1 aromatic rings. The third-order valence-corrected chi connectivity index (χ3v) is 2.96. The van der Waals surface area contributed by atoms with Crippen molar-refractivity contribution >= 4 is 15.7 Å². The molecule has 1 aromatic carbocycles. The van der Waals surface area contributed by atoms with E-state index in [9.17, 15) is 12.8 Å². The number of hydrogen-bond acceptors (Lipinski definition) is 3. The summed E-state index contributed by atoms with van der Waals surface area (Å²) in [5.74, 6) is -0.630. The maximum Gasteiger partial charge on any atom is 0.240 e. The second-order valence-corrected chi connectivity index (χ2v) is 4.28. The summed E-state index contributed by atoms with van der Waals surface area (Å²) in [5.41, 5.74) is 5.02. The van der Waals surface area contributed by atoms with Crippen LogP contribution in [0.15, 0.2) is 23.1 Å². The molecular weight excluding hydrogens is 195 g/mol. The van der Waals surface area contributed by atoms with Gasteiger partial charge in [-0.2, -0.15) is 0 Å². The van der Waals surface area contributed by atoms with Crippen molar-refractivity contribution in [2.24, 2.45) is 0 Å². The van der Waals surface area contributed by atoms with Gasteiger partial charge in [-0.1, -0.05) is 0 Å². The van der Waals surface area contributed by atoms with E-state index in [-0.39, 0.29) is 10.6 Å². The van der Waals surface area contributed by atoms with Crippen LogP contribution < -0.4 is 10.5 Å². The lowest BCUT2D eigenvalue weighted by atomic mass is 10.3. The lowest BCUT2D eigenvalue weighted by molar-refractivity contribution is 0.587. The van der Waals surface area contributed by atoms with Crippen LogP contribution in [0.5, 0.6) is 0 Å². The largest absolute Gasteiger partial charge is 0.396 e. The molecule has 0 unspecified atom stereocenters. The van der Waals surface area contributed by atoms with Crippen molar-refractivity contribution in [3.8, 4) is 0 Å². The van der Waals surface area contributed by atoms with E-state index in [1.165, 1.54) is 7.05 Å². The molecule has 0 aliphatic heterocycles. The van der Waals surface area contributed by atoms with Crippen molar-refractivity contribution in [1.82, 2.24) is 4.72 Å². The lowest BCUT2D eigenvalue weighted by Crippen LogP contribution is -2.18. The Morgan fingerprint density at radius 3 is 2.54 bits per heavy atom. The third-order valence-electron chi connectivity index (χ3n) is 1.55. The number of halogens is 1. The summed E-state index contributed by atoms with van der Waals surface area (Å²) in [7, 11) is -2.26. The number of nitrogen functional groups attached to an aromatic ring is 1. The fourth-order valence-corrected chi connectivity index (χ4v) is 1.57. The summed E-state index contributed by atoms with van der Waals surface area (Å²) in [6, 6.07) is 3.23. The predicted octanol–water partition coefficient (Wildman–Crippen LogP) is 0.316. The molecule has 0 saturated heterocycles. The van der Waals surface area contributed by atoms with E-state index in [2.05, 4.69) is 4.72 Å². The highest BCUT2D eigenvalue weighted by molar-refractivity contribution is 7.89. The quantitative estimate of drug-likeness (QED) is 0.681. The number of rotatable bonds is 2. The van der Waals surface area contributed by atoms with Gasteiger partial charge in [0.05, 0.1) is 10.6 Å². The van der Waals surface area contributed by atoms with E-state index in [0.717, 1.165) is 18.2 Å². The van der Waals surface area contributed by atoms with Crippen LogP contribution in [0, 0.1) is 5.82 Å². The molecule has 3 N–H and O–H groups in total. The Bertz CT molecular complexity index is 417. The second-order valence-electron chi connectivity index (χ2n) is 2.39. The number of anilines is 1. The molecule has 0 atom stereocenters. The van der Waals surface area contributed by atoms with Crippen LogP contribution >= 0.6 is 0 Å². The number of nitrogens with two attached hydrogens (primary N) is 1. The van der Waals surface area contributed by atoms with E-state index in [1.807, 2.05) is 0 Å². The second kappa shape index (κ2) is 3.31. The van der Waals surface area contributed by atoms with E-state index in [1.54, 1.807) is 0 Å². The van der Waals surface area contributed by atoms with Gasteiger partial charge in [0.15, 0.2) is 0 Å². The van der Waals surface area contributed by atoms with Gasteiger partial charge in [-0.3, -0.25) is 0 Å². The van der Waals surface area contributed by atoms with Crippen molar-refractivity contribution in [1.29, 1.82) is 0 Å². The fourth-order valence-electron chi connectivity index (χ4n) is 0.807. The molecule has 1 rings (SSSR count). The minimum atomic E-state index is -3.53. The first-order valence-electron chi connectivity index (χ1n) is 3.46. The third kappa shape index (κ3) is 1.96. The van der Waals surface area contributed by atoms with Gasteiger partial charge in [0.1, 0.15) is 5.82 Å². The molecule has 0 spiro atoms. The van der Waals surface area contributed by atoms with Crippen LogP contribution in [0.25, 0.3) is 0 Å². The average molecular weight is 204 g/mol. The Labute approximate surface area is 75.6 Å². The van der Waals surface area contributed by atoms with Crippen LogP contribution in [-0.2, 0) is 10.0 Å². The van der Waals surface area contributed by atoms with Gasteiger partial charge in [-0.05, 0) is 25.2 Å². The molecular formula is C7H9FN2O2S. The van der Waals surface area contributed by atoms with Crippen molar-refractivity contribution in [3.63, 3.8) is 0 Å². The van der Waals surface area contributed by atoms with E-state index >= 15 is 0 Å². The van der Waals surface area contributed by atoms with Crippen LogP contribution in [0.2, 0.25) is 0 Å². The zero-order valence-electron chi connectivity index (χ0n) is 6.91. The average Bonchev–Trinajstić information content (AvgIpc) is 2.09. The molecule has 72 valence electrons. The molecule has 0 saturated carbocycles. The van der Waals surface area contributed by atoms with Crippen molar-refractivity contribution < 1.29 is 12.8 Å². The van der Waals surface area contributed by atoms with Gasteiger partial charge in [0.2, 0.25) is 10.0 Å². The van der Waals surface area contributed by atoms with Crippen LogP contribution in [0.4, 0.5) is 10.1 Å². The molecule has 0 aliphatic carbocycles. The first-order chi connectivity index (χ1) is 5.97. The maximum atomic E-state index is 12.7. The summed E-state index contributed by atoms with van der Waals surface area (Å²) < 4.78 is 37.1. The SMILES string of the molecule is CNS(=O)(=O)c1ccc(F)c(N)c1. The molecule has 0 fully saturated rings. The molecule has 0 aromatic heterocycles. The van der Waals surface area contributed by atoms with Crippen molar-refractivity contribution in [3.05, 3.63) is 24.0 Å². The van der Waals surface area contributed by atoms with Gasteiger partial charge in [0, 0.05) is 0 Å². The van der Waals surface area contributed by atoms with Crippen LogP contribution in [0.1, 0.15) is 0 Å². The van der Waals surface area contributed by atoms with Gasteiger partial charge in [0.25, 0.3) is 0 Å². The number of nitrogens with one attached hydrogen (secondary N) is 1. The standard InChI is InChI=1S/C7H9FN2O2S/c1-10-13(11,12)5-2-3-6(8)7(9)4-5/h2-4,10H,9H2,1H3. The van der Waals surface area contributed by atoms with Gasteiger partial charge in [-0.25, -0.2) is 17.5 Å². The highest BCUT2D eigenvalue weighted by Crippen LogP contribution is 2.15. The first kappa shape index (κ1) is 9.94. The highest BCUT2D eigenvalue weighted by atomic mass is 32.2. The van der Waals surface area contributed by atoms with Crippen LogP contribution in [0.3, 0.4) is 0 Å². The summed E-state index contributed by atoms with van der Waals surface area (Å²) in [6.45, 7) is 0. The Morgan fingerprint density at radius 2 is 2.08 bits per heavy atom. The Morgan fingerprint density at radius 1 is 1.46 bits per heavy atom. The molecule has 4 nitrogen and oxygen atoms in total. The van der Waals surface area contributed by atoms with Gasteiger partial charge < -0.3 is 5.73 Å². The minimum absolute atomic E-state index is 0.0473. The predicted molar refractivity (Wildman–Crippen MR) is 47.1 cm³/mol. The molecule has 0 heterocycles. The summed E-state index contributed by atoms with van der Waals surface area (Å²) in [5, 5.41) is 0. The number of benzene rings is 1. The van der Waals surface area contributed by atoms with E-state index in [0.29, 0.717) is 0 Å².